The summed E-state index contributed by atoms with van der Waals surface area (Å²) >= 11 is 1.57. The third-order valence-corrected chi connectivity index (χ3v) is 4.76. The molecule has 0 spiro atoms. The van der Waals surface area contributed by atoms with Gasteiger partial charge in [0, 0.05) is 11.8 Å². The molecule has 14 heavy (non-hydrogen) atoms. The van der Waals surface area contributed by atoms with E-state index in [0.29, 0.717) is 11.8 Å². The van der Waals surface area contributed by atoms with Crippen molar-refractivity contribution in [3.05, 3.63) is 17.5 Å². The van der Waals surface area contributed by atoms with E-state index in [9.17, 15) is 4.21 Å². The van der Waals surface area contributed by atoms with E-state index in [2.05, 4.69) is 19.2 Å². The van der Waals surface area contributed by atoms with Crippen LogP contribution in [0.1, 0.15) is 20.3 Å². The summed E-state index contributed by atoms with van der Waals surface area (Å²) < 4.78 is 12.7. The van der Waals surface area contributed by atoms with Crippen LogP contribution in [0.2, 0.25) is 0 Å². The summed E-state index contributed by atoms with van der Waals surface area (Å²) in [6, 6.07) is 4.22. The van der Waals surface area contributed by atoms with Gasteiger partial charge in [0.05, 0.1) is 15.0 Å². The van der Waals surface area contributed by atoms with Crippen LogP contribution >= 0.6 is 11.3 Å². The molecule has 0 bridgehead atoms. The Hall–Kier alpha value is -0.190. The van der Waals surface area contributed by atoms with Crippen LogP contribution in [-0.4, -0.2) is 22.5 Å². The Kier molecular flexibility index (Phi) is 5.37. The van der Waals surface area contributed by atoms with Crippen LogP contribution in [0.3, 0.4) is 0 Å². The van der Waals surface area contributed by atoms with Crippen molar-refractivity contribution < 1.29 is 4.21 Å². The molecule has 1 N–H and O–H groups in total. The summed E-state index contributed by atoms with van der Waals surface area (Å²) in [5, 5.41) is 5.31. The molecule has 0 saturated heterocycles. The molecule has 0 aliphatic rings. The number of thiophene rings is 1. The van der Waals surface area contributed by atoms with Gasteiger partial charge < -0.3 is 5.32 Å². The van der Waals surface area contributed by atoms with E-state index in [-0.39, 0.29) is 0 Å². The van der Waals surface area contributed by atoms with Crippen molar-refractivity contribution in [1.82, 2.24) is 5.32 Å². The van der Waals surface area contributed by atoms with Crippen LogP contribution in [0.15, 0.2) is 21.7 Å². The second kappa shape index (κ2) is 6.32. The highest BCUT2D eigenvalue weighted by Gasteiger charge is 2.09. The fourth-order valence-corrected chi connectivity index (χ4v) is 3.37. The average molecular weight is 231 g/mol. The van der Waals surface area contributed by atoms with E-state index in [1.165, 1.54) is 0 Å². The first-order valence-electron chi connectivity index (χ1n) is 4.89. The van der Waals surface area contributed by atoms with Gasteiger partial charge in [0.1, 0.15) is 0 Å². The predicted octanol–water partition coefficient (Wildman–Crippen LogP) is 2.24. The van der Waals surface area contributed by atoms with Crippen LogP contribution < -0.4 is 5.32 Å². The van der Waals surface area contributed by atoms with Gasteiger partial charge in [-0.3, -0.25) is 4.21 Å². The lowest BCUT2D eigenvalue weighted by Crippen LogP contribution is -2.31. The molecule has 0 radical (unpaired) electrons. The van der Waals surface area contributed by atoms with Crippen LogP contribution in [0.4, 0.5) is 0 Å². The summed E-state index contributed by atoms with van der Waals surface area (Å²) in [6.45, 7) is 5.22. The summed E-state index contributed by atoms with van der Waals surface area (Å²) in [4.78, 5) is 0. The fourth-order valence-electron chi connectivity index (χ4n) is 1.15. The molecule has 1 aromatic rings. The molecule has 4 heteroatoms. The Morgan fingerprint density at radius 1 is 1.64 bits per heavy atom. The molecule has 0 amide bonds. The number of nitrogens with one attached hydrogen (secondary N) is 1. The molecule has 1 rings (SSSR count). The Morgan fingerprint density at radius 3 is 3.00 bits per heavy atom. The van der Waals surface area contributed by atoms with Gasteiger partial charge in [0.25, 0.3) is 0 Å². The van der Waals surface area contributed by atoms with Gasteiger partial charge in [0.15, 0.2) is 0 Å². The predicted molar refractivity (Wildman–Crippen MR) is 63.4 cm³/mol. The first-order valence-corrected chi connectivity index (χ1v) is 7.09. The van der Waals surface area contributed by atoms with Crippen molar-refractivity contribution in [1.29, 1.82) is 0 Å². The van der Waals surface area contributed by atoms with Crippen molar-refractivity contribution in [3.63, 3.8) is 0 Å². The molecule has 1 aromatic heterocycles. The highest BCUT2D eigenvalue weighted by molar-refractivity contribution is 7.87. The van der Waals surface area contributed by atoms with E-state index >= 15 is 0 Å². The molecule has 0 aliphatic heterocycles. The number of hydrogen-bond donors (Lipinski definition) is 1. The molecular formula is C10H17NOS2. The summed E-state index contributed by atoms with van der Waals surface area (Å²) in [5.41, 5.74) is 0. The van der Waals surface area contributed by atoms with Gasteiger partial charge in [0.2, 0.25) is 0 Å². The van der Waals surface area contributed by atoms with Crippen LogP contribution in [-0.2, 0) is 10.8 Å². The second-order valence-corrected chi connectivity index (χ2v) is 5.97. The maximum absolute atomic E-state index is 11.8. The van der Waals surface area contributed by atoms with E-state index in [1.807, 2.05) is 17.5 Å². The molecule has 80 valence electrons. The minimum Gasteiger partial charge on any atom is -0.313 e. The monoisotopic (exact) mass is 231 g/mol. The zero-order chi connectivity index (χ0) is 10.4. The zero-order valence-corrected chi connectivity index (χ0v) is 10.3. The van der Waals surface area contributed by atoms with Gasteiger partial charge in [-0.2, -0.15) is 0 Å². The van der Waals surface area contributed by atoms with Crippen LogP contribution in [0.5, 0.6) is 0 Å². The standard InChI is InChI=1S/C10H17NOS2/c1-3-6-11-9(2)8-14(12)10-5-4-7-13-10/h4-5,7,9,11H,3,6,8H2,1-2H3. The Labute approximate surface area is 92.2 Å². The Morgan fingerprint density at radius 2 is 2.43 bits per heavy atom. The van der Waals surface area contributed by atoms with Gasteiger partial charge in [-0.1, -0.05) is 13.0 Å². The Balaban J connectivity index is 2.34. The molecule has 0 saturated carbocycles. The highest BCUT2D eigenvalue weighted by atomic mass is 32.2. The molecule has 0 aliphatic carbocycles. The molecule has 0 aromatic carbocycles. The van der Waals surface area contributed by atoms with E-state index in [4.69, 9.17) is 0 Å². The Bertz CT molecular complexity index is 272. The quantitative estimate of drug-likeness (QED) is 0.813. The summed E-state index contributed by atoms with van der Waals surface area (Å²) in [5.74, 6) is 0.709. The second-order valence-electron chi connectivity index (χ2n) is 3.30. The normalized spacial score (nSPS) is 15.3. The van der Waals surface area contributed by atoms with Crippen LogP contribution in [0.25, 0.3) is 0 Å². The maximum atomic E-state index is 11.8. The molecule has 2 atom stereocenters. The third-order valence-electron chi connectivity index (χ3n) is 1.86. The SMILES string of the molecule is CCCNC(C)CS(=O)c1cccs1. The topological polar surface area (TPSA) is 29.1 Å². The molecular weight excluding hydrogens is 214 g/mol. The highest BCUT2D eigenvalue weighted by Crippen LogP contribution is 2.14. The van der Waals surface area contributed by atoms with Crippen LogP contribution in [0, 0.1) is 0 Å². The minimum atomic E-state index is -0.830. The van der Waals surface area contributed by atoms with Crippen molar-refractivity contribution in [2.45, 2.75) is 30.5 Å². The fraction of sp³-hybridized carbons (Fsp3) is 0.600. The average Bonchev–Trinajstić information content (AvgIpc) is 2.67. The molecule has 2 unspecified atom stereocenters. The zero-order valence-electron chi connectivity index (χ0n) is 8.66. The number of hydrogen-bond acceptors (Lipinski definition) is 3. The molecule has 1 heterocycles. The third kappa shape index (κ3) is 3.90. The summed E-state index contributed by atoms with van der Waals surface area (Å²) in [6.07, 6.45) is 1.12. The van der Waals surface area contributed by atoms with Gasteiger partial charge in [-0.05, 0) is 31.3 Å². The van der Waals surface area contributed by atoms with E-state index in [0.717, 1.165) is 17.2 Å². The van der Waals surface area contributed by atoms with Crippen molar-refractivity contribution in [2.24, 2.45) is 0 Å². The van der Waals surface area contributed by atoms with E-state index in [1.54, 1.807) is 11.3 Å². The largest absolute Gasteiger partial charge is 0.313 e. The first kappa shape index (κ1) is 11.9. The van der Waals surface area contributed by atoms with Gasteiger partial charge >= 0.3 is 0 Å². The van der Waals surface area contributed by atoms with Gasteiger partial charge in [-0.25, -0.2) is 0 Å². The minimum absolute atomic E-state index is 0.331. The van der Waals surface area contributed by atoms with E-state index < -0.39 is 10.8 Å². The smallest absolute Gasteiger partial charge is 0.0911 e. The summed E-state index contributed by atoms with van der Waals surface area (Å²) in [7, 11) is -0.830. The maximum Gasteiger partial charge on any atom is 0.0911 e. The lowest BCUT2D eigenvalue weighted by atomic mass is 10.3. The lowest BCUT2D eigenvalue weighted by Gasteiger charge is -2.11. The van der Waals surface area contributed by atoms with Gasteiger partial charge in [-0.15, -0.1) is 11.3 Å². The molecule has 0 fully saturated rings. The van der Waals surface area contributed by atoms with Crippen molar-refractivity contribution in [3.8, 4) is 0 Å². The first-order chi connectivity index (χ1) is 6.74. The van der Waals surface area contributed by atoms with Crippen molar-refractivity contribution >= 4 is 22.1 Å². The molecule has 2 nitrogen and oxygen atoms in total. The number of rotatable bonds is 6. The van der Waals surface area contributed by atoms with Crippen molar-refractivity contribution in [2.75, 3.05) is 12.3 Å². The lowest BCUT2D eigenvalue weighted by molar-refractivity contribution is 0.582.